The second kappa shape index (κ2) is 11.1. The molecule has 2 aromatic heterocycles. The fourth-order valence-electron chi connectivity index (χ4n) is 4.56. The Morgan fingerprint density at radius 1 is 1.30 bits per heavy atom. The summed E-state index contributed by atoms with van der Waals surface area (Å²) in [4.78, 5) is 40.3. The fraction of sp³-hybridized carbons (Fsp3) is 0.357. The van der Waals surface area contributed by atoms with Crippen molar-refractivity contribution >= 4 is 40.4 Å². The number of nitrogens with zero attached hydrogens (tertiary/aromatic N) is 3. The minimum absolute atomic E-state index is 0.0248. The number of morpholine rings is 1. The number of benzene rings is 1. The molecule has 37 heavy (non-hydrogen) atoms. The first-order valence-electron chi connectivity index (χ1n) is 12.5. The van der Waals surface area contributed by atoms with E-state index in [4.69, 9.17) is 14.2 Å². The average Bonchev–Trinajstić information content (AvgIpc) is 3.45. The summed E-state index contributed by atoms with van der Waals surface area (Å²) in [6.45, 7) is 8.25. The molecule has 0 radical (unpaired) electrons. The Morgan fingerprint density at radius 2 is 2.14 bits per heavy atom. The number of carbonyl (C=O) groups is 2. The number of allylic oxidation sites excluding steroid dienone is 1. The van der Waals surface area contributed by atoms with Gasteiger partial charge in [-0.2, -0.15) is 0 Å². The van der Waals surface area contributed by atoms with E-state index >= 15 is 0 Å². The maximum Gasteiger partial charge on any atom is 0.326 e. The highest BCUT2D eigenvalue weighted by Gasteiger charge is 2.44. The van der Waals surface area contributed by atoms with Gasteiger partial charge in [-0.25, -0.2) is 9.98 Å². The number of esters is 1. The number of H-pyrrole nitrogens is 1. The van der Waals surface area contributed by atoms with E-state index in [1.54, 1.807) is 25.4 Å². The normalized spacial score (nSPS) is 20.6. The van der Waals surface area contributed by atoms with Crippen molar-refractivity contribution in [2.45, 2.75) is 20.3 Å². The van der Waals surface area contributed by atoms with E-state index in [-0.39, 0.29) is 18.3 Å². The molecule has 2 aliphatic rings. The number of aromatic amines is 1. The molecule has 9 heteroatoms. The zero-order valence-corrected chi connectivity index (χ0v) is 21.0. The third kappa shape index (κ3) is 5.47. The summed E-state index contributed by atoms with van der Waals surface area (Å²) in [6.07, 6.45) is 5.96. The number of aryl methyl sites for hydroxylation is 1. The van der Waals surface area contributed by atoms with Crippen molar-refractivity contribution in [1.82, 2.24) is 14.9 Å². The molecule has 0 bridgehead atoms. The van der Waals surface area contributed by atoms with Gasteiger partial charge in [0.1, 0.15) is 5.65 Å². The van der Waals surface area contributed by atoms with Gasteiger partial charge in [-0.3, -0.25) is 14.5 Å². The van der Waals surface area contributed by atoms with Gasteiger partial charge < -0.3 is 19.2 Å². The van der Waals surface area contributed by atoms with Crippen LogP contribution in [0, 0.1) is 12.8 Å². The number of hydrogen-bond donors (Lipinski definition) is 1. The minimum Gasteiger partial charge on any atom is -0.465 e. The number of fused-ring (bicyclic) bond motifs is 1. The van der Waals surface area contributed by atoms with Crippen LogP contribution < -0.4 is 0 Å². The van der Waals surface area contributed by atoms with Crippen LogP contribution in [0.2, 0.25) is 0 Å². The number of ketones is 1. The van der Waals surface area contributed by atoms with Crippen molar-refractivity contribution in [2.75, 3.05) is 39.5 Å². The first-order chi connectivity index (χ1) is 18.0. The molecule has 2 fully saturated rings. The van der Waals surface area contributed by atoms with Crippen LogP contribution in [0.5, 0.6) is 0 Å². The first kappa shape index (κ1) is 24.9. The average molecular weight is 503 g/mol. The SMILES string of the molecule is CCOC(=O)C1C(=O)/C(=C/c2c[nH]c3ncccc23)OC1=Nc1ccc(CCN2CCOCC2)cc1C. The summed E-state index contributed by atoms with van der Waals surface area (Å²) in [6, 6.07) is 9.73. The second-order valence-corrected chi connectivity index (χ2v) is 9.08. The van der Waals surface area contributed by atoms with E-state index in [1.165, 1.54) is 5.56 Å². The number of ether oxygens (including phenoxy) is 3. The maximum atomic E-state index is 13.2. The summed E-state index contributed by atoms with van der Waals surface area (Å²) < 4.78 is 16.5. The lowest BCUT2D eigenvalue weighted by molar-refractivity contribution is -0.147. The number of aromatic nitrogens is 2. The number of rotatable bonds is 7. The number of carbonyl (C=O) groups excluding carboxylic acids is 2. The van der Waals surface area contributed by atoms with Gasteiger partial charge in [0.2, 0.25) is 11.7 Å². The third-order valence-electron chi connectivity index (χ3n) is 6.57. The van der Waals surface area contributed by atoms with E-state index in [1.807, 2.05) is 31.2 Å². The van der Waals surface area contributed by atoms with Crippen LogP contribution in [0.15, 0.2) is 53.5 Å². The van der Waals surface area contributed by atoms with E-state index in [0.29, 0.717) is 11.3 Å². The van der Waals surface area contributed by atoms with E-state index in [2.05, 4.69) is 25.9 Å². The lowest BCUT2D eigenvalue weighted by atomic mass is 10.0. The quantitative estimate of drug-likeness (QED) is 0.299. The molecule has 0 saturated carbocycles. The summed E-state index contributed by atoms with van der Waals surface area (Å²) in [7, 11) is 0. The topological polar surface area (TPSA) is 106 Å². The Balaban J connectivity index is 1.40. The van der Waals surface area contributed by atoms with Gasteiger partial charge in [-0.05, 0) is 55.7 Å². The number of pyridine rings is 1. The minimum atomic E-state index is -1.24. The van der Waals surface area contributed by atoms with Crippen molar-refractivity contribution in [3.05, 3.63) is 65.2 Å². The summed E-state index contributed by atoms with van der Waals surface area (Å²) in [5.41, 5.74) is 4.21. The number of hydrogen-bond acceptors (Lipinski definition) is 8. The van der Waals surface area contributed by atoms with Crippen LogP contribution >= 0.6 is 0 Å². The monoisotopic (exact) mass is 502 g/mol. The Kier molecular flexibility index (Phi) is 7.43. The van der Waals surface area contributed by atoms with Gasteiger partial charge in [-0.1, -0.05) is 12.1 Å². The summed E-state index contributed by atoms with van der Waals surface area (Å²) >= 11 is 0. The number of nitrogens with one attached hydrogen (secondary N) is 1. The van der Waals surface area contributed by atoms with Crippen LogP contribution in [0.1, 0.15) is 23.6 Å². The molecular weight excluding hydrogens is 472 g/mol. The summed E-state index contributed by atoms with van der Waals surface area (Å²) in [5, 5.41) is 0.841. The fourth-order valence-corrected chi connectivity index (χ4v) is 4.56. The first-order valence-corrected chi connectivity index (χ1v) is 12.5. The molecule has 4 heterocycles. The highest BCUT2D eigenvalue weighted by molar-refractivity contribution is 6.27. The predicted octanol–water partition coefficient (Wildman–Crippen LogP) is 3.60. The van der Waals surface area contributed by atoms with Gasteiger partial charge >= 0.3 is 5.97 Å². The Morgan fingerprint density at radius 3 is 2.92 bits per heavy atom. The zero-order valence-electron chi connectivity index (χ0n) is 21.0. The Hall–Kier alpha value is -3.82. The number of Topliss-reactive ketones (excluding diaryl/α,β-unsaturated/α-hetero) is 1. The van der Waals surface area contributed by atoms with Crippen molar-refractivity contribution < 1.29 is 23.8 Å². The van der Waals surface area contributed by atoms with Gasteiger partial charge in [-0.15, -0.1) is 0 Å². The van der Waals surface area contributed by atoms with Crippen molar-refractivity contribution in [3.8, 4) is 0 Å². The second-order valence-electron chi connectivity index (χ2n) is 9.08. The lowest BCUT2D eigenvalue weighted by Crippen LogP contribution is -2.37. The molecule has 5 rings (SSSR count). The van der Waals surface area contributed by atoms with Crippen LogP contribution in [0.25, 0.3) is 17.1 Å². The molecule has 0 aliphatic carbocycles. The third-order valence-corrected chi connectivity index (χ3v) is 6.57. The molecule has 9 nitrogen and oxygen atoms in total. The van der Waals surface area contributed by atoms with E-state index in [9.17, 15) is 9.59 Å². The van der Waals surface area contributed by atoms with Gasteiger partial charge in [0.15, 0.2) is 11.7 Å². The number of aliphatic imine (C=N–C) groups is 1. The van der Waals surface area contributed by atoms with Crippen LogP contribution in [0.4, 0.5) is 5.69 Å². The molecule has 1 aromatic carbocycles. The standard InChI is InChI=1S/C28H30N4O5/c1-3-36-28(34)24-25(33)23(16-20-17-30-26-21(20)5-4-9-29-26)37-27(24)31-22-7-6-19(15-18(22)2)8-10-32-11-13-35-14-12-32/h4-7,9,15-17,24H,3,8,10-14H2,1-2H3,(H,29,30)/b23-16-,31-27?. The predicted molar refractivity (Wildman–Crippen MR) is 140 cm³/mol. The van der Waals surface area contributed by atoms with Crippen molar-refractivity contribution in [1.29, 1.82) is 0 Å². The molecule has 1 N–H and O–H groups in total. The van der Waals surface area contributed by atoms with Crippen LogP contribution in [0.3, 0.4) is 0 Å². The molecular formula is C28H30N4O5. The summed E-state index contributed by atoms with van der Waals surface area (Å²) in [5.74, 6) is -2.32. The molecule has 2 aliphatic heterocycles. The largest absolute Gasteiger partial charge is 0.465 e. The maximum absolute atomic E-state index is 13.2. The van der Waals surface area contributed by atoms with Gasteiger partial charge in [0.25, 0.3) is 0 Å². The molecule has 192 valence electrons. The molecule has 0 amide bonds. The molecule has 1 unspecified atom stereocenters. The highest BCUT2D eigenvalue weighted by Crippen LogP contribution is 2.30. The highest BCUT2D eigenvalue weighted by atomic mass is 16.5. The van der Waals surface area contributed by atoms with Gasteiger partial charge in [0, 0.05) is 43.0 Å². The zero-order chi connectivity index (χ0) is 25.8. The smallest absolute Gasteiger partial charge is 0.326 e. The molecule has 2 saturated heterocycles. The molecule has 3 aromatic rings. The van der Waals surface area contributed by atoms with Crippen molar-refractivity contribution in [2.24, 2.45) is 10.9 Å². The van der Waals surface area contributed by atoms with E-state index in [0.717, 1.165) is 55.8 Å². The van der Waals surface area contributed by atoms with Crippen molar-refractivity contribution in [3.63, 3.8) is 0 Å². The van der Waals surface area contributed by atoms with Gasteiger partial charge in [0.05, 0.1) is 25.5 Å². The molecule has 0 spiro atoms. The van der Waals surface area contributed by atoms with E-state index < -0.39 is 17.7 Å². The Labute approximate surface area is 215 Å². The lowest BCUT2D eigenvalue weighted by Gasteiger charge is -2.26. The van der Waals surface area contributed by atoms with Crippen LogP contribution in [-0.2, 0) is 30.2 Å². The Bertz CT molecular complexity index is 1370. The van der Waals surface area contributed by atoms with Crippen LogP contribution in [-0.4, -0.2) is 72.0 Å². The molecule has 1 atom stereocenters.